The van der Waals surface area contributed by atoms with Crippen LogP contribution in [0, 0.1) is 13.8 Å². The third-order valence-corrected chi connectivity index (χ3v) is 7.83. The number of fused-ring (bicyclic) bond motifs is 2. The number of hydrogen-bond acceptors (Lipinski definition) is 1. The molecule has 3 nitrogen and oxygen atoms in total. The predicted molar refractivity (Wildman–Crippen MR) is 146 cm³/mol. The Bertz CT molecular complexity index is 1380. The third-order valence-electron chi connectivity index (χ3n) is 7.83. The Morgan fingerprint density at radius 3 is 1.53 bits per heavy atom. The van der Waals surface area contributed by atoms with Gasteiger partial charge in [0.1, 0.15) is 0 Å². The van der Waals surface area contributed by atoms with E-state index in [1.54, 1.807) is 0 Å². The third kappa shape index (κ3) is 3.34. The van der Waals surface area contributed by atoms with E-state index in [1.807, 2.05) is 0 Å². The van der Waals surface area contributed by atoms with E-state index in [1.165, 1.54) is 55.6 Å². The van der Waals surface area contributed by atoms with Gasteiger partial charge in [0.25, 0.3) is 0 Å². The Morgan fingerprint density at radius 2 is 1.09 bits per heavy atom. The molecular weight excluding hydrogens is 414 g/mol. The highest BCUT2D eigenvalue weighted by atomic mass is 15.1. The van der Waals surface area contributed by atoms with Crippen LogP contribution in [0.5, 0.6) is 0 Å². The summed E-state index contributed by atoms with van der Waals surface area (Å²) in [5.74, 6) is 0.156. The molecule has 0 atom stereocenters. The van der Waals surface area contributed by atoms with E-state index in [0.29, 0.717) is 0 Å². The number of aryl methyl sites for hydroxylation is 2. The summed E-state index contributed by atoms with van der Waals surface area (Å²) in [5, 5.41) is 2.68. The minimum absolute atomic E-state index is 0.156. The molecule has 2 heterocycles. The van der Waals surface area contributed by atoms with Crippen LogP contribution in [-0.4, -0.2) is 22.2 Å². The lowest BCUT2D eigenvalue weighted by molar-refractivity contribution is 0.852. The molecular formula is C31H35N3. The lowest BCUT2D eigenvalue weighted by Gasteiger charge is -2.24. The van der Waals surface area contributed by atoms with Crippen molar-refractivity contribution in [3.63, 3.8) is 0 Å². The highest BCUT2D eigenvalue weighted by Gasteiger charge is 2.28. The highest BCUT2D eigenvalue weighted by Crippen LogP contribution is 2.44. The molecule has 0 spiro atoms. The molecule has 0 aliphatic carbocycles. The van der Waals surface area contributed by atoms with Crippen LogP contribution in [0.25, 0.3) is 21.8 Å². The first kappa shape index (κ1) is 22.3. The molecule has 0 radical (unpaired) electrons. The zero-order chi connectivity index (χ0) is 24.0. The van der Waals surface area contributed by atoms with Gasteiger partial charge in [0.15, 0.2) is 0 Å². The summed E-state index contributed by atoms with van der Waals surface area (Å²) in [6.07, 6.45) is 0. The number of para-hydroxylation sites is 2. The van der Waals surface area contributed by atoms with Crippen LogP contribution < -0.4 is 4.90 Å². The lowest BCUT2D eigenvalue weighted by Crippen LogP contribution is -2.21. The molecule has 174 valence electrons. The molecule has 0 unspecified atom stereocenters. The Balaban J connectivity index is 1.82. The molecule has 0 bridgehead atoms. The van der Waals surface area contributed by atoms with E-state index in [4.69, 9.17) is 0 Å². The zero-order valence-corrected chi connectivity index (χ0v) is 21.3. The molecule has 34 heavy (non-hydrogen) atoms. The molecule has 0 saturated heterocycles. The molecule has 5 aromatic rings. The summed E-state index contributed by atoms with van der Waals surface area (Å²) in [5.41, 5.74) is 10.7. The Morgan fingerprint density at radius 1 is 0.647 bits per heavy atom. The van der Waals surface area contributed by atoms with Crippen LogP contribution in [0.3, 0.4) is 0 Å². The van der Waals surface area contributed by atoms with Crippen molar-refractivity contribution < 1.29 is 0 Å². The Labute approximate surface area is 203 Å². The van der Waals surface area contributed by atoms with Gasteiger partial charge in [0.2, 0.25) is 0 Å². The van der Waals surface area contributed by atoms with E-state index >= 15 is 0 Å². The maximum atomic E-state index is 2.41. The fourth-order valence-corrected chi connectivity index (χ4v) is 5.77. The van der Waals surface area contributed by atoms with Gasteiger partial charge in [-0.2, -0.15) is 0 Å². The lowest BCUT2D eigenvalue weighted by atomic mass is 9.82. The van der Waals surface area contributed by atoms with Crippen molar-refractivity contribution in [1.82, 2.24) is 9.13 Å². The number of hydrogen-bond donors (Lipinski definition) is 0. The number of rotatable bonds is 6. The van der Waals surface area contributed by atoms with Gasteiger partial charge in [-0.05, 0) is 68.7 Å². The van der Waals surface area contributed by atoms with Crippen LogP contribution in [0.4, 0.5) is 5.69 Å². The smallest absolute Gasteiger partial charge is 0.0483 e. The van der Waals surface area contributed by atoms with Crippen LogP contribution in [-0.2, 0) is 14.1 Å². The van der Waals surface area contributed by atoms with Crippen molar-refractivity contribution in [2.45, 2.75) is 33.6 Å². The van der Waals surface area contributed by atoms with Gasteiger partial charge in [0, 0.05) is 72.0 Å². The molecule has 5 rings (SSSR count). The largest absolute Gasteiger partial charge is 0.372 e. The van der Waals surface area contributed by atoms with E-state index < -0.39 is 0 Å². The fourth-order valence-electron chi connectivity index (χ4n) is 5.77. The second-order valence-electron chi connectivity index (χ2n) is 9.35. The topological polar surface area (TPSA) is 13.1 Å². The summed E-state index contributed by atoms with van der Waals surface area (Å²) < 4.78 is 4.70. The molecule has 0 aliphatic rings. The van der Waals surface area contributed by atoms with Crippen molar-refractivity contribution >= 4 is 27.5 Å². The second-order valence-corrected chi connectivity index (χ2v) is 9.35. The highest BCUT2D eigenvalue weighted by molar-refractivity contribution is 5.91. The summed E-state index contributed by atoms with van der Waals surface area (Å²) in [6.45, 7) is 11.0. The van der Waals surface area contributed by atoms with Crippen LogP contribution >= 0.6 is 0 Å². The van der Waals surface area contributed by atoms with E-state index in [2.05, 4.69) is 129 Å². The van der Waals surface area contributed by atoms with Crippen molar-refractivity contribution in [2.24, 2.45) is 14.1 Å². The molecule has 3 aromatic carbocycles. The quantitative estimate of drug-likeness (QED) is 0.265. The minimum atomic E-state index is 0.156. The maximum absolute atomic E-state index is 2.41. The van der Waals surface area contributed by atoms with Crippen LogP contribution in [0.2, 0.25) is 0 Å². The number of nitrogens with zero attached hydrogens (tertiary/aromatic N) is 3. The molecule has 0 fully saturated rings. The Hall–Kier alpha value is -3.46. The maximum Gasteiger partial charge on any atom is 0.0483 e. The van der Waals surface area contributed by atoms with E-state index in [-0.39, 0.29) is 5.92 Å². The van der Waals surface area contributed by atoms with Crippen LogP contribution in [0.15, 0.2) is 72.8 Å². The first-order chi connectivity index (χ1) is 16.5. The van der Waals surface area contributed by atoms with Crippen molar-refractivity contribution in [3.8, 4) is 0 Å². The average Bonchev–Trinajstić information content (AvgIpc) is 3.27. The minimum Gasteiger partial charge on any atom is -0.372 e. The van der Waals surface area contributed by atoms with Gasteiger partial charge in [-0.15, -0.1) is 0 Å². The van der Waals surface area contributed by atoms with Crippen molar-refractivity contribution in [1.29, 1.82) is 0 Å². The molecule has 0 N–H and O–H groups in total. The summed E-state index contributed by atoms with van der Waals surface area (Å²) in [6, 6.07) is 27.0. The van der Waals surface area contributed by atoms with Gasteiger partial charge >= 0.3 is 0 Å². The standard InChI is InChI=1S/C31H35N3/c1-7-34(8-2)24-19-17-23(18-20-24)31(29-21(3)32(5)27-15-11-9-13-25(27)29)30-22(4)33(6)28-16-12-10-14-26(28)30/h9-20,31H,7-8H2,1-6H3. The normalized spacial score (nSPS) is 11.7. The van der Waals surface area contributed by atoms with Crippen molar-refractivity contribution in [3.05, 3.63) is 101 Å². The first-order valence-electron chi connectivity index (χ1n) is 12.4. The molecule has 0 saturated carbocycles. The average molecular weight is 450 g/mol. The SMILES string of the molecule is CCN(CC)c1ccc(C(c2c(C)n(C)c3ccccc23)c2c(C)n(C)c3ccccc23)cc1. The Kier molecular flexibility index (Phi) is 5.73. The van der Waals surface area contributed by atoms with Gasteiger partial charge in [0.05, 0.1) is 0 Å². The fraction of sp³-hybridized carbons (Fsp3) is 0.290. The molecule has 3 heteroatoms. The molecule has 0 amide bonds. The van der Waals surface area contributed by atoms with Gasteiger partial charge in [-0.3, -0.25) is 0 Å². The summed E-state index contributed by atoms with van der Waals surface area (Å²) in [7, 11) is 4.38. The van der Waals surface area contributed by atoms with Crippen LogP contribution in [0.1, 0.15) is 47.8 Å². The zero-order valence-electron chi connectivity index (χ0n) is 21.3. The first-order valence-corrected chi connectivity index (χ1v) is 12.4. The summed E-state index contributed by atoms with van der Waals surface area (Å²) >= 11 is 0. The van der Waals surface area contributed by atoms with Gasteiger partial charge in [-0.25, -0.2) is 0 Å². The number of anilines is 1. The number of benzene rings is 3. The number of aromatic nitrogens is 2. The summed E-state index contributed by atoms with van der Waals surface area (Å²) in [4.78, 5) is 2.41. The molecule has 0 aliphatic heterocycles. The van der Waals surface area contributed by atoms with Crippen molar-refractivity contribution in [2.75, 3.05) is 18.0 Å². The van der Waals surface area contributed by atoms with E-state index in [0.717, 1.165) is 13.1 Å². The molecule has 2 aromatic heterocycles. The van der Waals surface area contributed by atoms with Gasteiger partial charge in [-0.1, -0.05) is 48.5 Å². The van der Waals surface area contributed by atoms with Gasteiger partial charge < -0.3 is 14.0 Å². The van der Waals surface area contributed by atoms with E-state index in [9.17, 15) is 0 Å². The monoisotopic (exact) mass is 449 g/mol. The second kappa shape index (κ2) is 8.72. The predicted octanol–water partition coefficient (Wildman–Crippen LogP) is 7.31.